The van der Waals surface area contributed by atoms with Crippen molar-refractivity contribution in [1.82, 2.24) is 24.7 Å². The van der Waals surface area contributed by atoms with Gasteiger partial charge in [0.2, 0.25) is 5.78 Å². The summed E-state index contributed by atoms with van der Waals surface area (Å²) in [5, 5.41) is 22.8. The summed E-state index contributed by atoms with van der Waals surface area (Å²) in [4.78, 5) is 25.9. The summed E-state index contributed by atoms with van der Waals surface area (Å²) < 4.78 is 29.1. The van der Waals surface area contributed by atoms with E-state index in [-0.39, 0.29) is 29.7 Å². The Kier molecular flexibility index (Phi) is 7.56. The highest BCUT2D eigenvalue weighted by atomic mass is 79.9. The van der Waals surface area contributed by atoms with E-state index in [0.29, 0.717) is 29.8 Å². The lowest BCUT2D eigenvalue weighted by Gasteiger charge is -2.15. The largest absolute Gasteiger partial charge is 0.393 e. The number of hydrogen-bond acceptors (Lipinski definition) is 10. The molecule has 1 fully saturated rings. The highest BCUT2D eigenvalue weighted by molar-refractivity contribution is 9.10. The predicted octanol–water partition coefficient (Wildman–Crippen LogP) is 1.19. The van der Waals surface area contributed by atoms with Crippen LogP contribution in [0.4, 0.5) is 5.82 Å². The lowest BCUT2D eigenvalue weighted by atomic mass is 10.1. The summed E-state index contributed by atoms with van der Waals surface area (Å²) in [7, 11) is -4.10. The molecule has 12 nitrogen and oxygen atoms in total. The van der Waals surface area contributed by atoms with Crippen molar-refractivity contribution >= 4 is 37.8 Å². The van der Waals surface area contributed by atoms with Crippen molar-refractivity contribution in [3.8, 4) is 0 Å². The van der Waals surface area contributed by atoms with E-state index >= 15 is 0 Å². The van der Waals surface area contributed by atoms with Gasteiger partial charge in [-0.05, 0) is 53.9 Å². The molecule has 1 aliphatic rings. The Hall–Kier alpha value is -2.78. The second kappa shape index (κ2) is 10.5. The first kappa shape index (κ1) is 25.3. The lowest BCUT2D eigenvalue weighted by Crippen LogP contribution is -2.24. The van der Waals surface area contributed by atoms with Gasteiger partial charge in [-0.15, -0.1) is 0 Å². The number of pyridine rings is 1. The SMILES string of the molecule is Cc1cc(C(=O)c2cncnc2N[C@@H]2C[C@H](COS(N)(=O)=O)[C@@H](O)C2)nn1Cc1cccc(Br)n1. The number of halogens is 1. The third-order valence-corrected chi connectivity index (χ3v) is 6.61. The molecule has 0 aliphatic heterocycles. The van der Waals surface area contributed by atoms with Crippen LogP contribution in [-0.4, -0.2) is 62.8 Å². The van der Waals surface area contributed by atoms with E-state index in [1.54, 1.807) is 10.7 Å². The van der Waals surface area contributed by atoms with E-state index in [1.165, 1.54) is 12.5 Å². The number of nitrogens with zero attached hydrogens (tertiary/aromatic N) is 5. The van der Waals surface area contributed by atoms with Crippen molar-refractivity contribution in [1.29, 1.82) is 0 Å². The van der Waals surface area contributed by atoms with Crippen LogP contribution in [0.3, 0.4) is 0 Å². The molecule has 3 aromatic heterocycles. The van der Waals surface area contributed by atoms with Crippen LogP contribution < -0.4 is 10.5 Å². The van der Waals surface area contributed by atoms with Crippen molar-refractivity contribution in [2.24, 2.45) is 11.1 Å². The smallest absolute Gasteiger partial charge is 0.333 e. The minimum absolute atomic E-state index is 0.225. The second-order valence-electron chi connectivity index (χ2n) is 8.31. The van der Waals surface area contributed by atoms with Crippen LogP contribution in [0.25, 0.3) is 0 Å². The maximum atomic E-state index is 13.3. The molecule has 0 radical (unpaired) electrons. The van der Waals surface area contributed by atoms with Gasteiger partial charge in [0, 0.05) is 23.9 Å². The van der Waals surface area contributed by atoms with Crippen LogP contribution in [0.2, 0.25) is 0 Å². The zero-order valence-electron chi connectivity index (χ0n) is 18.7. The van der Waals surface area contributed by atoms with Gasteiger partial charge in [-0.2, -0.15) is 13.5 Å². The van der Waals surface area contributed by atoms with E-state index in [0.717, 1.165) is 11.4 Å². The number of nitrogens with two attached hydrogens (primary N) is 1. The Morgan fingerprint density at radius 3 is 2.91 bits per heavy atom. The summed E-state index contributed by atoms with van der Waals surface area (Å²) in [6, 6.07) is 7.01. The first-order valence-electron chi connectivity index (χ1n) is 10.7. The van der Waals surface area contributed by atoms with Crippen LogP contribution in [0, 0.1) is 12.8 Å². The van der Waals surface area contributed by atoms with Crippen molar-refractivity contribution in [3.05, 3.63) is 64.0 Å². The molecule has 0 aromatic carbocycles. The monoisotopic (exact) mass is 565 g/mol. The van der Waals surface area contributed by atoms with Gasteiger partial charge in [0.15, 0.2) is 0 Å². The number of aliphatic hydroxyl groups excluding tert-OH is 1. The Labute approximate surface area is 210 Å². The summed E-state index contributed by atoms with van der Waals surface area (Å²) >= 11 is 3.35. The van der Waals surface area contributed by atoms with Gasteiger partial charge in [-0.3, -0.25) is 13.7 Å². The molecule has 1 aliphatic carbocycles. The van der Waals surface area contributed by atoms with E-state index < -0.39 is 22.3 Å². The molecular formula is C21H24BrN7O5S. The number of anilines is 1. The average Bonchev–Trinajstić information content (AvgIpc) is 3.33. The minimum Gasteiger partial charge on any atom is -0.393 e. The zero-order valence-corrected chi connectivity index (χ0v) is 21.1. The normalized spacial score (nSPS) is 20.2. The molecule has 3 heterocycles. The fourth-order valence-corrected chi connectivity index (χ4v) is 4.74. The standard InChI is InChI=1S/C21H24BrN7O5S/c1-12-5-17(28-29(12)9-14-3-2-4-19(22)26-14)20(31)16-8-24-11-25-21(16)27-15-6-13(18(30)7-15)10-34-35(23,32)33/h2-5,8,11,13,15,18,30H,6-7,9-10H2,1H3,(H2,23,32,33)(H,24,25,27)/t13-,15-,18+/m1/s1. The molecular weight excluding hydrogens is 542 g/mol. The Morgan fingerprint density at radius 1 is 1.37 bits per heavy atom. The fraction of sp³-hybridized carbons (Fsp3) is 0.381. The molecule has 0 bridgehead atoms. The molecule has 35 heavy (non-hydrogen) atoms. The molecule has 0 amide bonds. The number of nitrogens with one attached hydrogen (secondary N) is 1. The number of ketones is 1. The van der Waals surface area contributed by atoms with Gasteiger partial charge in [-0.1, -0.05) is 6.07 Å². The van der Waals surface area contributed by atoms with E-state index in [9.17, 15) is 18.3 Å². The van der Waals surface area contributed by atoms with Gasteiger partial charge in [-0.25, -0.2) is 20.1 Å². The fourth-order valence-electron chi connectivity index (χ4n) is 4.00. The maximum absolute atomic E-state index is 13.3. The van der Waals surface area contributed by atoms with E-state index in [4.69, 9.17) is 5.14 Å². The molecule has 1 saturated carbocycles. The van der Waals surface area contributed by atoms with E-state index in [1.807, 2.05) is 25.1 Å². The molecule has 0 saturated heterocycles. The third-order valence-electron chi connectivity index (χ3n) is 5.70. The predicted molar refractivity (Wildman–Crippen MR) is 129 cm³/mol. The quantitative estimate of drug-likeness (QED) is 0.252. The Balaban J connectivity index is 1.48. The van der Waals surface area contributed by atoms with Gasteiger partial charge >= 0.3 is 10.3 Å². The number of carbonyl (C=O) groups is 1. The summed E-state index contributed by atoms with van der Waals surface area (Å²) in [6.07, 6.45) is 2.66. The van der Waals surface area contributed by atoms with Crippen LogP contribution in [-0.2, 0) is 21.0 Å². The first-order chi connectivity index (χ1) is 16.6. The summed E-state index contributed by atoms with van der Waals surface area (Å²) in [6.45, 7) is 2.03. The zero-order chi connectivity index (χ0) is 25.2. The molecule has 4 rings (SSSR count). The van der Waals surface area contributed by atoms with Crippen LogP contribution in [0.15, 0.2) is 41.4 Å². The molecule has 14 heteroatoms. The highest BCUT2D eigenvalue weighted by Crippen LogP contribution is 2.30. The van der Waals surface area contributed by atoms with Crippen molar-refractivity contribution in [2.45, 2.75) is 38.5 Å². The molecule has 3 atom stereocenters. The van der Waals surface area contributed by atoms with Gasteiger partial charge < -0.3 is 10.4 Å². The van der Waals surface area contributed by atoms with Crippen LogP contribution in [0.1, 0.15) is 40.3 Å². The van der Waals surface area contributed by atoms with Gasteiger partial charge in [0.1, 0.15) is 22.4 Å². The average molecular weight is 566 g/mol. The highest BCUT2D eigenvalue weighted by Gasteiger charge is 2.35. The number of rotatable bonds is 9. The maximum Gasteiger partial charge on any atom is 0.333 e. The van der Waals surface area contributed by atoms with Gasteiger partial charge in [0.25, 0.3) is 0 Å². The van der Waals surface area contributed by atoms with Crippen LogP contribution >= 0.6 is 15.9 Å². The second-order valence-corrected chi connectivity index (χ2v) is 10.3. The number of aryl methyl sites for hydroxylation is 1. The van der Waals surface area contributed by atoms with Crippen molar-refractivity contribution in [2.75, 3.05) is 11.9 Å². The number of hydrogen-bond donors (Lipinski definition) is 3. The lowest BCUT2D eigenvalue weighted by molar-refractivity contribution is 0.101. The van der Waals surface area contributed by atoms with Crippen LogP contribution in [0.5, 0.6) is 0 Å². The van der Waals surface area contributed by atoms with Gasteiger partial charge in [0.05, 0.1) is 30.5 Å². The number of aliphatic hydroxyl groups is 1. The first-order valence-corrected chi connectivity index (χ1v) is 13.0. The van der Waals surface area contributed by atoms with Crippen molar-refractivity contribution in [3.63, 3.8) is 0 Å². The molecule has 0 unspecified atom stereocenters. The Morgan fingerprint density at radius 2 is 2.17 bits per heavy atom. The van der Waals surface area contributed by atoms with E-state index in [2.05, 4.69) is 45.5 Å². The molecule has 186 valence electrons. The Bertz CT molecular complexity index is 1330. The molecule has 4 N–H and O–H groups in total. The van der Waals surface area contributed by atoms with Crippen molar-refractivity contribution < 1.29 is 22.5 Å². The summed E-state index contributed by atoms with van der Waals surface area (Å²) in [5.74, 6) is -0.488. The third kappa shape index (κ3) is 6.46. The molecule has 3 aromatic rings. The summed E-state index contributed by atoms with van der Waals surface area (Å²) in [5.41, 5.74) is 2.05. The minimum atomic E-state index is -4.10. The number of carbonyl (C=O) groups excluding carboxylic acids is 1. The molecule has 0 spiro atoms. The number of aromatic nitrogens is 5. The topological polar surface area (TPSA) is 175 Å².